The van der Waals surface area contributed by atoms with Crippen LogP contribution in [-0.2, 0) is 11.2 Å². The predicted octanol–water partition coefficient (Wildman–Crippen LogP) is 3.79. The van der Waals surface area contributed by atoms with Gasteiger partial charge in [-0.05, 0) is 43.1 Å². The van der Waals surface area contributed by atoms with Gasteiger partial charge in [-0.15, -0.1) is 0 Å². The molecule has 0 heterocycles. The lowest BCUT2D eigenvalue weighted by molar-refractivity contribution is -0.00951. The van der Waals surface area contributed by atoms with Crippen molar-refractivity contribution in [3.63, 3.8) is 0 Å². The maximum atomic E-state index is 5.67. The molecule has 1 N–H and O–H groups in total. The molecule has 0 spiro atoms. The van der Waals surface area contributed by atoms with Crippen molar-refractivity contribution >= 4 is 10.8 Å². The molecule has 2 nitrogen and oxygen atoms in total. The molecular formula is C18H25NO. The Kier molecular flexibility index (Phi) is 4.79. The van der Waals surface area contributed by atoms with Crippen molar-refractivity contribution < 1.29 is 4.74 Å². The zero-order chi connectivity index (χ0) is 14.6. The van der Waals surface area contributed by atoms with E-state index < -0.39 is 0 Å². The van der Waals surface area contributed by atoms with Crippen LogP contribution >= 0.6 is 0 Å². The van der Waals surface area contributed by atoms with Gasteiger partial charge in [-0.25, -0.2) is 0 Å². The molecule has 2 rings (SSSR count). The van der Waals surface area contributed by atoms with Crippen LogP contribution in [0.5, 0.6) is 0 Å². The summed E-state index contributed by atoms with van der Waals surface area (Å²) in [7, 11) is 1.79. The molecule has 20 heavy (non-hydrogen) atoms. The van der Waals surface area contributed by atoms with E-state index >= 15 is 0 Å². The van der Waals surface area contributed by atoms with Crippen molar-refractivity contribution in [2.24, 2.45) is 0 Å². The molecule has 0 aromatic heterocycles. The molecule has 0 aliphatic heterocycles. The summed E-state index contributed by atoms with van der Waals surface area (Å²) in [4.78, 5) is 0. The summed E-state index contributed by atoms with van der Waals surface area (Å²) < 4.78 is 5.67. The van der Waals surface area contributed by atoms with Gasteiger partial charge in [0.2, 0.25) is 0 Å². The van der Waals surface area contributed by atoms with Crippen molar-refractivity contribution in [1.29, 1.82) is 0 Å². The highest BCUT2D eigenvalue weighted by Gasteiger charge is 2.28. The zero-order valence-corrected chi connectivity index (χ0v) is 12.9. The Labute approximate surface area is 122 Å². The van der Waals surface area contributed by atoms with Gasteiger partial charge in [0.25, 0.3) is 0 Å². The number of rotatable bonds is 6. The second kappa shape index (κ2) is 6.38. The third-order valence-corrected chi connectivity index (χ3v) is 4.12. The summed E-state index contributed by atoms with van der Waals surface area (Å²) in [5.41, 5.74) is 1.19. The monoisotopic (exact) mass is 271 g/mol. The second-order valence-corrected chi connectivity index (χ2v) is 5.76. The van der Waals surface area contributed by atoms with E-state index in [4.69, 9.17) is 4.74 Å². The molecule has 0 aliphatic rings. The van der Waals surface area contributed by atoms with Gasteiger partial charge in [0.05, 0.1) is 5.60 Å². The Morgan fingerprint density at radius 1 is 1.10 bits per heavy atom. The van der Waals surface area contributed by atoms with Crippen LogP contribution in [0.15, 0.2) is 42.5 Å². The molecule has 1 unspecified atom stereocenters. The van der Waals surface area contributed by atoms with Crippen LogP contribution in [-0.4, -0.2) is 25.3 Å². The molecule has 0 saturated carbocycles. The first-order valence-corrected chi connectivity index (χ1v) is 7.33. The fraction of sp³-hybridized carbons (Fsp3) is 0.444. The summed E-state index contributed by atoms with van der Waals surface area (Å²) in [5, 5.41) is 6.20. The maximum Gasteiger partial charge on any atom is 0.0778 e. The van der Waals surface area contributed by atoms with Gasteiger partial charge in [0.15, 0.2) is 0 Å². The molecule has 0 saturated heterocycles. The van der Waals surface area contributed by atoms with E-state index in [1.54, 1.807) is 7.11 Å². The number of hydrogen-bond donors (Lipinski definition) is 1. The van der Waals surface area contributed by atoms with Crippen LogP contribution in [0.3, 0.4) is 0 Å². The summed E-state index contributed by atoms with van der Waals surface area (Å²) in [6, 6.07) is 15.4. The standard InChI is InChI=1S/C18H25NO/c1-5-19-17(18(2,3)20-4)13-15-11-8-10-14-9-6-7-12-16(14)15/h6-12,17,19H,5,13H2,1-4H3. The van der Waals surface area contributed by atoms with Crippen molar-refractivity contribution in [1.82, 2.24) is 5.32 Å². The average Bonchev–Trinajstić information content (AvgIpc) is 2.47. The van der Waals surface area contributed by atoms with Crippen LogP contribution < -0.4 is 5.32 Å². The largest absolute Gasteiger partial charge is 0.377 e. The van der Waals surface area contributed by atoms with Crippen molar-refractivity contribution in [3.05, 3.63) is 48.0 Å². The van der Waals surface area contributed by atoms with E-state index in [9.17, 15) is 0 Å². The number of nitrogens with one attached hydrogen (secondary N) is 1. The first-order chi connectivity index (χ1) is 9.58. The highest BCUT2D eigenvalue weighted by atomic mass is 16.5. The first-order valence-electron chi connectivity index (χ1n) is 7.33. The topological polar surface area (TPSA) is 21.3 Å². The van der Waals surface area contributed by atoms with Gasteiger partial charge in [-0.2, -0.15) is 0 Å². The fourth-order valence-electron chi connectivity index (χ4n) is 2.64. The van der Waals surface area contributed by atoms with E-state index in [1.807, 2.05) is 0 Å². The van der Waals surface area contributed by atoms with Gasteiger partial charge in [-0.1, -0.05) is 49.4 Å². The number of benzene rings is 2. The molecule has 1 atom stereocenters. The van der Waals surface area contributed by atoms with Gasteiger partial charge < -0.3 is 10.1 Å². The number of ether oxygens (including phenoxy) is 1. The van der Waals surface area contributed by atoms with Crippen LogP contribution in [0.25, 0.3) is 10.8 Å². The normalized spacial score (nSPS) is 13.6. The fourth-order valence-corrected chi connectivity index (χ4v) is 2.64. The van der Waals surface area contributed by atoms with Gasteiger partial charge in [-0.3, -0.25) is 0 Å². The summed E-state index contributed by atoms with van der Waals surface area (Å²) in [6.07, 6.45) is 0.968. The summed E-state index contributed by atoms with van der Waals surface area (Å²) in [6.45, 7) is 7.38. The lowest BCUT2D eigenvalue weighted by Crippen LogP contribution is -2.49. The van der Waals surface area contributed by atoms with Gasteiger partial charge >= 0.3 is 0 Å². The summed E-state index contributed by atoms with van der Waals surface area (Å²) >= 11 is 0. The maximum absolute atomic E-state index is 5.67. The SMILES string of the molecule is CCNC(Cc1cccc2ccccc12)C(C)(C)OC. The van der Waals surface area contributed by atoms with Crippen LogP contribution in [0, 0.1) is 0 Å². The minimum atomic E-state index is -0.188. The van der Waals surface area contributed by atoms with Crippen LogP contribution in [0.2, 0.25) is 0 Å². The predicted molar refractivity (Wildman–Crippen MR) is 86.2 cm³/mol. The Morgan fingerprint density at radius 3 is 2.50 bits per heavy atom. The lowest BCUT2D eigenvalue weighted by atomic mass is 9.90. The van der Waals surface area contributed by atoms with Gasteiger partial charge in [0.1, 0.15) is 0 Å². The average molecular weight is 271 g/mol. The molecule has 0 aliphatic carbocycles. The van der Waals surface area contributed by atoms with E-state index in [2.05, 4.69) is 68.6 Å². The van der Waals surface area contributed by atoms with Gasteiger partial charge in [0, 0.05) is 13.2 Å². The van der Waals surface area contributed by atoms with Crippen molar-refractivity contribution in [2.45, 2.75) is 38.8 Å². The van der Waals surface area contributed by atoms with E-state index in [1.165, 1.54) is 16.3 Å². The quantitative estimate of drug-likeness (QED) is 0.863. The number of hydrogen-bond acceptors (Lipinski definition) is 2. The summed E-state index contributed by atoms with van der Waals surface area (Å²) in [5.74, 6) is 0. The highest BCUT2D eigenvalue weighted by Crippen LogP contribution is 2.23. The zero-order valence-electron chi connectivity index (χ0n) is 12.9. The minimum Gasteiger partial charge on any atom is -0.377 e. The number of likely N-dealkylation sites (N-methyl/N-ethyl adjacent to an activating group) is 1. The molecule has 108 valence electrons. The smallest absolute Gasteiger partial charge is 0.0778 e. The molecule has 2 aromatic rings. The Morgan fingerprint density at radius 2 is 1.80 bits per heavy atom. The molecule has 0 fully saturated rings. The number of fused-ring (bicyclic) bond motifs is 1. The highest BCUT2D eigenvalue weighted by molar-refractivity contribution is 5.85. The van der Waals surface area contributed by atoms with Crippen molar-refractivity contribution in [2.75, 3.05) is 13.7 Å². The van der Waals surface area contributed by atoms with Crippen LogP contribution in [0.1, 0.15) is 26.3 Å². The molecule has 2 heteroatoms. The Hall–Kier alpha value is -1.38. The molecule has 0 amide bonds. The minimum absolute atomic E-state index is 0.188. The van der Waals surface area contributed by atoms with E-state index in [0.717, 1.165) is 13.0 Å². The van der Waals surface area contributed by atoms with E-state index in [0.29, 0.717) is 6.04 Å². The third-order valence-electron chi connectivity index (χ3n) is 4.12. The first kappa shape index (κ1) is 15.0. The number of methoxy groups -OCH3 is 1. The Balaban J connectivity index is 2.33. The third kappa shape index (κ3) is 3.20. The second-order valence-electron chi connectivity index (χ2n) is 5.76. The molecule has 2 aromatic carbocycles. The van der Waals surface area contributed by atoms with E-state index in [-0.39, 0.29) is 5.60 Å². The van der Waals surface area contributed by atoms with Crippen molar-refractivity contribution in [3.8, 4) is 0 Å². The van der Waals surface area contributed by atoms with Crippen LogP contribution in [0.4, 0.5) is 0 Å². The molecule has 0 radical (unpaired) electrons. The Bertz CT molecular complexity index is 557. The lowest BCUT2D eigenvalue weighted by Gasteiger charge is -2.34. The molecule has 0 bridgehead atoms. The molecular weight excluding hydrogens is 246 g/mol.